The zero-order valence-corrected chi connectivity index (χ0v) is 36.1. The van der Waals surface area contributed by atoms with Crippen molar-refractivity contribution in [2.75, 3.05) is 4.90 Å². The van der Waals surface area contributed by atoms with Crippen molar-refractivity contribution < 1.29 is 0 Å². The fourth-order valence-electron chi connectivity index (χ4n) is 10.8. The predicted molar refractivity (Wildman–Crippen MR) is 262 cm³/mol. The van der Waals surface area contributed by atoms with Crippen LogP contribution in [-0.2, 0) is 16.2 Å². The van der Waals surface area contributed by atoms with Gasteiger partial charge in [-0.1, -0.05) is 204 Å². The molecule has 0 saturated carbocycles. The highest BCUT2D eigenvalue weighted by atomic mass is 15.1. The minimum Gasteiger partial charge on any atom is -0.310 e. The maximum Gasteiger partial charge on any atom is 0.0714 e. The number of fused-ring (bicyclic) bond motifs is 5. The van der Waals surface area contributed by atoms with Gasteiger partial charge in [0.25, 0.3) is 0 Å². The van der Waals surface area contributed by atoms with Gasteiger partial charge in [0.15, 0.2) is 0 Å². The predicted octanol–water partition coefficient (Wildman–Crippen LogP) is 16.4. The van der Waals surface area contributed by atoms with Gasteiger partial charge in [0.2, 0.25) is 0 Å². The Morgan fingerprint density at radius 3 is 1.53 bits per heavy atom. The second-order valence-electron chi connectivity index (χ2n) is 18.8. The molecule has 300 valence electrons. The summed E-state index contributed by atoms with van der Waals surface area (Å²) in [6.45, 7) is 9.80. The summed E-state index contributed by atoms with van der Waals surface area (Å²) in [6, 6.07) is 79.3. The van der Waals surface area contributed by atoms with Crippen molar-refractivity contribution in [3.63, 3.8) is 0 Å². The van der Waals surface area contributed by atoms with E-state index in [2.05, 4.69) is 245 Å². The molecule has 0 heterocycles. The fourth-order valence-corrected chi connectivity index (χ4v) is 10.8. The molecule has 0 spiro atoms. The summed E-state index contributed by atoms with van der Waals surface area (Å²) in [5.41, 5.74) is 18.7. The van der Waals surface area contributed by atoms with E-state index < -0.39 is 5.41 Å². The summed E-state index contributed by atoms with van der Waals surface area (Å²) < 4.78 is 0. The van der Waals surface area contributed by atoms with E-state index in [4.69, 9.17) is 0 Å². The first-order valence-electron chi connectivity index (χ1n) is 22.2. The zero-order chi connectivity index (χ0) is 42.1. The van der Waals surface area contributed by atoms with Gasteiger partial charge in [-0.3, -0.25) is 0 Å². The molecule has 2 aliphatic rings. The van der Waals surface area contributed by atoms with Crippen LogP contribution in [0.2, 0.25) is 0 Å². The van der Waals surface area contributed by atoms with Crippen LogP contribution < -0.4 is 4.90 Å². The molecule has 9 aromatic rings. The topological polar surface area (TPSA) is 3.24 Å². The molecule has 0 radical (unpaired) electrons. The molecule has 9 aromatic carbocycles. The minimum atomic E-state index is -0.539. The van der Waals surface area contributed by atoms with Gasteiger partial charge < -0.3 is 4.90 Å². The lowest BCUT2D eigenvalue weighted by Crippen LogP contribution is -2.35. The van der Waals surface area contributed by atoms with E-state index >= 15 is 0 Å². The monoisotopic (exact) mass is 797 g/mol. The summed E-state index contributed by atoms with van der Waals surface area (Å²) >= 11 is 0. The van der Waals surface area contributed by atoms with Crippen LogP contribution in [0.15, 0.2) is 212 Å². The molecular weight excluding hydrogens is 747 g/mol. The minimum absolute atomic E-state index is 0.0665. The molecule has 0 amide bonds. The third kappa shape index (κ3) is 6.05. The average molecular weight is 798 g/mol. The third-order valence-electron chi connectivity index (χ3n) is 14.2. The van der Waals surface area contributed by atoms with Gasteiger partial charge in [-0.25, -0.2) is 0 Å². The van der Waals surface area contributed by atoms with Crippen LogP contribution in [0.3, 0.4) is 0 Å². The van der Waals surface area contributed by atoms with Gasteiger partial charge in [-0.15, -0.1) is 0 Å². The Kier molecular flexibility index (Phi) is 8.95. The Labute approximate surface area is 367 Å². The van der Waals surface area contributed by atoms with Crippen molar-refractivity contribution in [3.05, 3.63) is 246 Å². The third-order valence-corrected chi connectivity index (χ3v) is 14.2. The van der Waals surface area contributed by atoms with E-state index in [0.717, 1.165) is 17.1 Å². The van der Waals surface area contributed by atoms with Gasteiger partial charge in [-0.05, 0) is 132 Å². The van der Waals surface area contributed by atoms with Gasteiger partial charge in [0.1, 0.15) is 0 Å². The molecule has 0 aliphatic heterocycles. The SMILES string of the molecule is CC1(C)CCC(C)(C)c2cc3c(cc21)-c1ccc(N(c2cccc(-c4ccc(-c5ccccc5)cc4)c2)c2cccc4ccccc24)cc1C3(c1ccccc1)c1ccccc1. The summed E-state index contributed by atoms with van der Waals surface area (Å²) in [4.78, 5) is 2.49. The van der Waals surface area contributed by atoms with E-state index in [1.807, 2.05) is 0 Å². The average Bonchev–Trinajstić information content (AvgIpc) is 3.61. The van der Waals surface area contributed by atoms with Gasteiger partial charge in [0, 0.05) is 16.8 Å². The van der Waals surface area contributed by atoms with Crippen LogP contribution in [0, 0.1) is 0 Å². The van der Waals surface area contributed by atoms with Crippen molar-refractivity contribution in [1.29, 1.82) is 0 Å². The molecule has 0 atom stereocenters. The molecule has 0 unspecified atom stereocenters. The van der Waals surface area contributed by atoms with Crippen molar-refractivity contribution in [2.24, 2.45) is 0 Å². The van der Waals surface area contributed by atoms with Crippen LogP contribution in [0.1, 0.15) is 73.9 Å². The smallest absolute Gasteiger partial charge is 0.0714 e. The first-order chi connectivity index (χ1) is 30.2. The largest absolute Gasteiger partial charge is 0.310 e. The molecule has 0 aromatic heterocycles. The Morgan fingerprint density at radius 2 is 0.855 bits per heavy atom. The number of anilines is 3. The molecule has 1 nitrogen and oxygen atoms in total. The van der Waals surface area contributed by atoms with Gasteiger partial charge >= 0.3 is 0 Å². The molecule has 11 rings (SSSR count). The maximum absolute atomic E-state index is 2.63. The van der Waals surface area contributed by atoms with Gasteiger partial charge in [0.05, 0.1) is 11.1 Å². The highest BCUT2D eigenvalue weighted by Crippen LogP contribution is 2.60. The molecule has 1 heteroatoms. The standard InChI is InChI=1S/C61H51N/c1-59(2)36-37-60(3,4)57-41-55-53(40-56(57)59)52-35-34-50(39-54(52)61(55,47-23-10-6-11-24-47)48-25-12-7-13-26-48)62(58-29-17-21-45-20-14-15-28-51(45)58)49-27-16-22-46(38-49)44-32-30-43(31-33-44)42-18-8-5-9-19-42/h5-35,38-41H,36-37H2,1-4H3. The lowest BCUT2D eigenvalue weighted by atomic mass is 9.61. The van der Waals surface area contributed by atoms with E-state index in [-0.39, 0.29) is 10.8 Å². The molecule has 0 saturated heterocycles. The highest BCUT2D eigenvalue weighted by molar-refractivity contribution is 6.00. The Balaban J connectivity index is 1.16. The van der Waals surface area contributed by atoms with Crippen molar-refractivity contribution >= 4 is 27.8 Å². The zero-order valence-electron chi connectivity index (χ0n) is 36.1. The Bertz CT molecular complexity index is 3060. The number of hydrogen-bond acceptors (Lipinski definition) is 1. The molecule has 62 heavy (non-hydrogen) atoms. The second-order valence-corrected chi connectivity index (χ2v) is 18.8. The Hall–Kier alpha value is -6.96. The fraction of sp³-hybridized carbons (Fsp3) is 0.148. The second kappa shape index (κ2) is 14.6. The summed E-state index contributed by atoms with van der Waals surface area (Å²) in [6.07, 6.45) is 2.35. The maximum atomic E-state index is 2.63. The summed E-state index contributed by atoms with van der Waals surface area (Å²) in [5.74, 6) is 0. The van der Waals surface area contributed by atoms with Crippen LogP contribution in [0.5, 0.6) is 0 Å². The Morgan fingerprint density at radius 1 is 0.355 bits per heavy atom. The van der Waals surface area contributed by atoms with E-state index in [1.165, 1.54) is 90.4 Å². The lowest BCUT2D eigenvalue weighted by Gasteiger charge is -2.43. The van der Waals surface area contributed by atoms with Crippen LogP contribution in [0.25, 0.3) is 44.2 Å². The van der Waals surface area contributed by atoms with Crippen molar-refractivity contribution in [2.45, 2.75) is 56.8 Å². The van der Waals surface area contributed by atoms with E-state index in [1.54, 1.807) is 0 Å². The van der Waals surface area contributed by atoms with E-state index in [0.29, 0.717) is 0 Å². The quantitative estimate of drug-likeness (QED) is 0.155. The van der Waals surface area contributed by atoms with Crippen molar-refractivity contribution in [3.8, 4) is 33.4 Å². The lowest BCUT2D eigenvalue weighted by molar-refractivity contribution is 0.331. The van der Waals surface area contributed by atoms with Crippen LogP contribution in [0.4, 0.5) is 17.1 Å². The van der Waals surface area contributed by atoms with Crippen molar-refractivity contribution in [1.82, 2.24) is 0 Å². The summed E-state index contributed by atoms with van der Waals surface area (Å²) in [5, 5.41) is 2.43. The number of benzene rings is 9. The molecule has 0 bridgehead atoms. The van der Waals surface area contributed by atoms with Gasteiger partial charge in [-0.2, -0.15) is 0 Å². The summed E-state index contributed by atoms with van der Waals surface area (Å²) in [7, 11) is 0. The first-order valence-corrected chi connectivity index (χ1v) is 22.2. The number of rotatable bonds is 7. The number of nitrogens with zero attached hydrogens (tertiary/aromatic N) is 1. The number of hydrogen-bond donors (Lipinski definition) is 0. The first kappa shape index (κ1) is 38.0. The molecule has 2 aliphatic carbocycles. The van der Waals surface area contributed by atoms with Crippen LogP contribution >= 0.6 is 0 Å². The highest BCUT2D eigenvalue weighted by Gasteiger charge is 2.49. The normalized spacial score (nSPS) is 15.4. The molecule has 0 fully saturated rings. The van der Waals surface area contributed by atoms with E-state index in [9.17, 15) is 0 Å². The molecule has 0 N–H and O–H groups in total. The molecular formula is C61H51N. The van der Waals surface area contributed by atoms with Crippen LogP contribution in [-0.4, -0.2) is 0 Å².